The first-order valence-electron chi connectivity index (χ1n) is 4.48. The fourth-order valence-corrected chi connectivity index (χ4v) is 1.42. The summed E-state index contributed by atoms with van der Waals surface area (Å²) in [6.45, 7) is 3.69. The summed E-state index contributed by atoms with van der Waals surface area (Å²) >= 11 is 0. The van der Waals surface area contributed by atoms with E-state index in [-0.39, 0.29) is 11.5 Å². The van der Waals surface area contributed by atoms with Crippen LogP contribution in [0.3, 0.4) is 0 Å². The molecule has 1 aromatic rings. The maximum absolute atomic E-state index is 13.3. The van der Waals surface area contributed by atoms with Crippen molar-refractivity contribution in [2.75, 3.05) is 0 Å². The zero-order valence-corrected chi connectivity index (χ0v) is 8.22. The maximum atomic E-state index is 13.3. The van der Waals surface area contributed by atoms with Gasteiger partial charge in [0.05, 0.1) is 6.04 Å². The molecule has 4 heteroatoms. The average molecular weight is 200 g/mol. The molecule has 0 amide bonds. The van der Waals surface area contributed by atoms with Gasteiger partial charge in [0.15, 0.2) is 0 Å². The molecular formula is C10H14F2N2. The van der Waals surface area contributed by atoms with Crippen molar-refractivity contribution >= 4 is 0 Å². The van der Waals surface area contributed by atoms with Gasteiger partial charge in [-0.05, 0) is 18.1 Å². The van der Waals surface area contributed by atoms with E-state index in [0.717, 1.165) is 0 Å². The van der Waals surface area contributed by atoms with Gasteiger partial charge in [-0.1, -0.05) is 19.9 Å². The number of benzene rings is 1. The first kappa shape index (κ1) is 11.1. The van der Waals surface area contributed by atoms with Crippen molar-refractivity contribution in [1.29, 1.82) is 0 Å². The fourth-order valence-electron chi connectivity index (χ4n) is 1.42. The van der Waals surface area contributed by atoms with Crippen molar-refractivity contribution in [2.24, 2.45) is 11.8 Å². The zero-order valence-electron chi connectivity index (χ0n) is 8.22. The van der Waals surface area contributed by atoms with Crippen LogP contribution in [-0.2, 0) is 0 Å². The van der Waals surface area contributed by atoms with E-state index >= 15 is 0 Å². The number of hydrogen-bond donors (Lipinski definition) is 2. The molecule has 1 aromatic carbocycles. The van der Waals surface area contributed by atoms with E-state index in [1.54, 1.807) is 0 Å². The molecule has 1 rings (SSSR count). The van der Waals surface area contributed by atoms with Crippen LogP contribution >= 0.6 is 0 Å². The van der Waals surface area contributed by atoms with E-state index in [9.17, 15) is 8.78 Å². The number of nitrogens with two attached hydrogens (primary N) is 1. The standard InChI is InChI=1S/C10H14F2N2/c1-6(2)10(14-13)9-7(11)4-3-5-8(9)12/h3-6,10,14H,13H2,1-2H3. The van der Waals surface area contributed by atoms with Gasteiger partial charge in [-0.15, -0.1) is 0 Å². The highest BCUT2D eigenvalue weighted by molar-refractivity contribution is 5.23. The Morgan fingerprint density at radius 2 is 1.71 bits per heavy atom. The van der Waals surface area contributed by atoms with Crippen molar-refractivity contribution in [3.63, 3.8) is 0 Å². The summed E-state index contributed by atoms with van der Waals surface area (Å²) < 4.78 is 26.6. The van der Waals surface area contributed by atoms with Gasteiger partial charge in [-0.3, -0.25) is 11.3 Å². The molecule has 1 atom stereocenters. The molecule has 2 nitrogen and oxygen atoms in total. The highest BCUT2D eigenvalue weighted by atomic mass is 19.1. The van der Waals surface area contributed by atoms with Crippen molar-refractivity contribution < 1.29 is 8.78 Å². The Morgan fingerprint density at radius 3 is 2.07 bits per heavy atom. The summed E-state index contributed by atoms with van der Waals surface area (Å²) in [7, 11) is 0. The van der Waals surface area contributed by atoms with Crippen molar-refractivity contribution in [3.8, 4) is 0 Å². The summed E-state index contributed by atoms with van der Waals surface area (Å²) in [4.78, 5) is 0. The predicted octanol–water partition coefficient (Wildman–Crippen LogP) is 2.13. The van der Waals surface area contributed by atoms with Crippen LogP contribution in [0, 0.1) is 17.6 Å². The van der Waals surface area contributed by atoms with Gasteiger partial charge in [0.25, 0.3) is 0 Å². The molecule has 0 heterocycles. The van der Waals surface area contributed by atoms with Gasteiger partial charge in [-0.2, -0.15) is 0 Å². The van der Waals surface area contributed by atoms with Crippen LogP contribution in [0.1, 0.15) is 25.5 Å². The Kier molecular flexibility index (Phi) is 3.55. The molecule has 0 spiro atoms. The highest BCUT2D eigenvalue weighted by Gasteiger charge is 2.21. The third kappa shape index (κ3) is 2.08. The SMILES string of the molecule is CC(C)C(NN)c1c(F)cccc1F. The minimum atomic E-state index is -0.568. The molecule has 14 heavy (non-hydrogen) atoms. The summed E-state index contributed by atoms with van der Waals surface area (Å²) in [5, 5.41) is 0. The second-order valence-electron chi connectivity index (χ2n) is 3.52. The minimum Gasteiger partial charge on any atom is -0.271 e. The van der Waals surface area contributed by atoms with Gasteiger partial charge in [0.1, 0.15) is 11.6 Å². The van der Waals surface area contributed by atoms with Crippen LogP contribution in [0.2, 0.25) is 0 Å². The van der Waals surface area contributed by atoms with Crippen LogP contribution in [0.25, 0.3) is 0 Å². The van der Waals surface area contributed by atoms with E-state index in [2.05, 4.69) is 5.43 Å². The predicted molar refractivity (Wildman–Crippen MR) is 51.3 cm³/mol. The smallest absolute Gasteiger partial charge is 0.130 e. The summed E-state index contributed by atoms with van der Waals surface area (Å²) in [5.74, 6) is 4.14. The summed E-state index contributed by atoms with van der Waals surface area (Å²) in [6.07, 6.45) is 0. The topological polar surface area (TPSA) is 38.0 Å². The Hall–Kier alpha value is -1.00. The van der Waals surface area contributed by atoms with Crippen molar-refractivity contribution in [1.82, 2.24) is 5.43 Å². The third-order valence-electron chi connectivity index (χ3n) is 2.16. The Morgan fingerprint density at radius 1 is 1.21 bits per heavy atom. The van der Waals surface area contributed by atoms with Gasteiger partial charge in [0, 0.05) is 5.56 Å². The molecule has 1 unspecified atom stereocenters. The van der Waals surface area contributed by atoms with Crippen LogP contribution in [0.15, 0.2) is 18.2 Å². The number of hydrogen-bond acceptors (Lipinski definition) is 2. The molecular weight excluding hydrogens is 186 g/mol. The minimum absolute atomic E-state index is 0.00463. The highest BCUT2D eigenvalue weighted by Crippen LogP contribution is 2.25. The zero-order chi connectivity index (χ0) is 10.7. The lowest BCUT2D eigenvalue weighted by molar-refractivity contribution is 0.387. The van der Waals surface area contributed by atoms with Gasteiger partial charge < -0.3 is 0 Å². The molecule has 0 aliphatic heterocycles. The first-order valence-corrected chi connectivity index (χ1v) is 4.48. The quantitative estimate of drug-likeness (QED) is 0.579. The van der Waals surface area contributed by atoms with E-state index in [0.29, 0.717) is 0 Å². The Labute approximate surface area is 82.1 Å². The van der Waals surface area contributed by atoms with E-state index in [1.807, 2.05) is 13.8 Å². The Bertz CT molecular complexity index is 293. The van der Waals surface area contributed by atoms with Crippen molar-refractivity contribution in [3.05, 3.63) is 35.4 Å². The Balaban J connectivity index is 3.15. The molecule has 0 aliphatic carbocycles. The molecule has 0 aliphatic rings. The van der Waals surface area contributed by atoms with E-state index in [4.69, 9.17) is 5.84 Å². The molecule has 0 saturated carbocycles. The lowest BCUT2D eigenvalue weighted by atomic mass is 9.96. The van der Waals surface area contributed by atoms with Crippen LogP contribution in [-0.4, -0.2) is 0 Å². The second-order valence-corrected chi connectivity index (χ2v) is 3.52. The number of rotatable bonds is 3. The summed E-state index contributed by atoms with van der Waals surface area (Å²) in [6, 6.07) is 3.29. The number of nitrogens with one attached hydrogen (secondary N) is 1. The molecule has 0 radical (unpaired) electrons. The molecule has 0 bridgehead atoms. The summed E-state index contributed by atoms with van der Waals surface area (Å²) in [5.41, 5.74) is 2.42. The third-order valence-corrected chi connectivity index (χ3v) is 2.16. The maximum Gasteiger partial charge on any atom is 0.130 e. The normalized spacial score (nSPS) is 13.3. The molecule has 3 N–H and O–H groups in total. The van der Waals surface area contributed by atoms with Crippen LogP contribution in [0.5, 0.6) is 0 Å². The lowest BCUT2D eigenvalue weighted by Gasteiger charge is -2.21. The average Bonchev–Trinajstić information content (AvgIpc) is 2.10. The van der Waals surface area contributed by atoms with E-state index < -0.39 is 17.7 Å². The second kappa shape index (κ2) is 4.48. The number of hydrazine groups is 1. The first-order chi connectivity index (χ1) is 6.57. The fraction of sp³-hybridized carbons (Fsp3) is 0.400. The monoisotopic (exact) mass is 200 g/mol. The largest absolute Gasteiger partial charge is 0.271 e. The van der Waals surface area contributed by atoms with Gasteiger partial charge in [-0.25, -0.2) is 8.78 Å². The molecule has 0 fully saturated rings. The van der Waals surface area contributed by atoms with Gasteiger partial charge in [0.2, 0.25) is 0 Å². The van der Waals surface area contributed by atoms with Crippen LogP contribution < -0.4 is 11.3 Å². The molecule has 0 saturated heterocycles. The van der Waals surface area contributed by atoms with E-state index in [1.165, 1.54) is 18.2 Å². The van der Waals surface area contributed by atoms with Gasteiger partial charge >= 0.3 is 0 Å². The van der Waals surface area contributed by atoms with Crippen LogP contribution in [0.4, 0.5) is 8.78 Å². The van der Waals surface area contributed by atoms with Crippen molar-refractivity contribution in [2.45, 2.75) is 19.9 Å². The lowest BCUT2D eigenvalue weighted by Crippen LogP contribution is -2.32. The number of halogens is 2. The molecule has 78 valence electrons. The molecule has 0 aromatic heterocycles.